The molecule has 0 unspecified atom stereocenters. The fourth-order valence-corrected chi connectivity index (χ4v) is 5.07. The highest BCUT2D eigenvalue weighted by Gasteiger charge is 2.52. The Morgan fingerprint density at radius 2 is 1.93 bits per heavy atom. The molecule has 0 radical (unpaired) electrons. The van der Waals surface area contributed by atoms with E-state index in [2.05, 4.69) is 10.6 Å². The molecule has 150 valence electrons. The largest absolute Gasteiger partial charge is 0.373 e. The van der Waals surface area contributed by atoms with Crippen LogP contribution in [-0.4, -0.2) is 56.6 Å². The third kappa shape index (κ3) is 4.80. The Morgan fingerprint density at radius 3 is 2.56 bits per heavy atom. The monoisotopic (exact) mass is 395 g/mol. The summed E-state index contributed by atoms with van der Waals surface area (Å²) in [7, 11) is -3.42. The zero-order valence-corrected chi connectivity index (χ0v) is 16.8. The lowest BCUT2D eigenvalue weighted by molar-refractivity contribution is 0.0492. The molecule has 7 nitrogen and oxygen atoms in total. The van der Waals surface area contributed by atoms with Crippen LogP contribution in [0, 0.1) is 5.92 Å². The van der Waals surface area contributed by atoms with Crippen molar-refractivity contribution in [3.63, 3.8) is 0 Å². The molecule has 1 saturated heterocycles. The number of carbonyl (C=O) groups is 1. The summed E-state index contributed by atoms with van der Waals surface area (Å²) < 4.78 is 32.4. The molecule has 0 bridgehead atoms. The van der Waals surface area contributed by atoms with Gasteiger partial charge in [-0.25, -0.2) is 13.2 Å². The Kier molecular flexibility index (Phi) is 6.08. The molecule has 1 aromatic carbocycles. The summed E-state index contributed by atoms with van der Waals surface area (Å²) in [6.45, 7) is 6.12. The zero-order valence-electron chi connectivity index (χ0n) is 16.0. The number of urea groups is 1. The van der Waals surface area contributed by atoms with Crippen molar-refractivity contribution in [1.82, 2.24) is 14.9 Å². The van der Waals surface area contributed by atoms with Crippen molar-refractivity contribution >= 4 is 16.1 Å². The maximum atomic E-state index is 12.6. The summed E-state index contributed by atoms with van der Waals surface area (Å²) in [5.41, 5.74) is -0.233. The van der Waals surface area contributed by atoms with Crippen LogP contribution >= 0.6 is 0 Å². The molecular weight excluding hydrogens is 366 g/mol. The van der Waals surface area contributed by atoms with Crippen molar-refractivity contribution in [3.8, 4) is 0 Å². The van der Waals surface area contributed by atoms with Crippen LogP contribution in [0.3, 0.4) is 0 Å². The van der Waals surface area contributed by atoms with Crippen molar-refractivity contribution in [3.05, 3.63) is 30.3 Å². The minimum Gasteiger partial charge on any atom is -0.373 e. The summed E-state index contributed by atoms with van der Waals surface area (Å²) >= 11 is 0. The van der Waals surface area contributed by atoms with E-state index in [4.69, 9.17) is 4.74 Å². The van der Waals surface area contributed by atoms with E-state index in [9.17, 15) is 13.2 Å². The average Bonchev–Trinajstić information content (AvgIpc) is 3.30. The van der Waals surface area contributed by atoms with Gasteiger partial charge in [0.1, 0.15) is 0 Å². The first-order valence-corrected chi connectivity index (χ1v) is 11.0. The first kappa shape index (κ1) is 20.1. The van der Waals surface area contributed by atoms with Gasteiger partial charge in [-0.05, 0) is 44.7 Å². The van der Waals surface area contributed by atoms with Crippen LogP contribution in [-0.2, 0) is 14.8 Å². The fourth-order valence-electron chi connectivity index (χ4n) is 3.58. The van der Waals surface area contributed by atoms with Gasteiger partial charge in [0.2, 0.25) is 10.0 Å². The Morgan fingerprint density at radius 1 is 1.26 bits per heavy atom. The van der Waals surface area contributed by atoms with Crippen LogP contribution in [0.4, 0.5) is 4.79 Å². The number of carbonyl (C=O) groups excluding carboxylic acids is 1. The van der Waals surface area contributed by atoms with Crippen LogP contribution in [0.25, 0.3) is 0 Å². The highest BCUT2D eigenvalue weighted by Crippen LogP contribution is 2.39. The number of nitrogens with one attached hydrogen (secondary N) is 2. The van der Waals surface area contributed by atoms with Crippen molar-refractivity contribution in [2.75, 3.05) is 26.2 Å². The number of rotatable bonds is 7. The molecule has 2 atom stereocenters. The highest BCUT2D eigenvalue weighted by molar-refractivity contribution is 7.89. The van der Waals surface area contributed by atoms with Crippen LogP contribution in [0.1, 0.15) is 33.1 Å². The van der Waals surface area contributed by atoms with Gasteiger partial charge in [0, 0.05) is 32.7 Å². The molecule has 0 spiro atoms. The molecular formula is C19H29N3O4S. The minimum atomic E-state index is -3.42. The number of hydrogen-bond donors (Lipinski definition) is 2. The van der Waals surface area contributed by atoms with Crippen LogP contribution in [0.5, 0.6) is 0 Å². The first-order chi connectivity index (χ1) is 12.8. The molecule has 1 aliphatic heterocycles. The Bertz CT molecular complexity index is 747. The Balaban J connectivity index is 1.41. The lowest BCUT2D eigenvalue weighted by atomic mass is 9.98. The van der Waals surface area contributed by atoms with Crippen molar-refractivity contribution in [1.29, 1.82) is 0 Å². The van der Waals surface area contributed by atoms with E-state index < -0.39 is 10.0 Å². The van der Waals surface area contributed by atoms with E-state index in [0.29, 0.717) is 31.1 Å². The number of ether oxygens (including phenoxy) is 1. The molecule has 2 fully saturated rings. The Labute approximate surface area is 161 Å². The number of piperidine rings is 1. The van der Waals surface area contributed by atoms with Gasteiger partial charge in [0.25, 0.3) is 0 Å². The number of sulfonamides is 1. The molecule has 1 heterocycles. The maximum absolute atomic E-state index is 12.6. The molecule has 27 heavy (non-hydrogen) atoms. The molecule has 1 aromatic rings. The SMILES string of the molecule is CCO[C@@]1(C)C[C@H]1NC(=O)NCC1CCN(S(=O)(=O)c2ccccc2)CC1. The van der Waals surface area contributed by atoms with Crippen molar-refractivity contribution < 1.29 is 17.9 Å². The zero-order chi connectivity index (χ0) is 19.5. The van der Waals surface area contributed by atoms with Gasteiger partial charge < -0.3 is 15.4 Å². The topological polar surface area (TPSA) is 87.7 Å². The average molecular weight is 396 g/mol. The normalized spacial score (nSPS) is 26.5. The molecule has 2 amide bonds. The standard InChI is InChI=1S/C19H29N3O4S/c1-3-26-19(2)13-17(19)21-18(23)20-14-15-9-11-22(12-10-15)27(24,25)16-7-5-4-6-8-16/h4-8,15,17H,3,9-14H2,1-2H3,(H2,20,21,23)/t17-,19+/m1/s1. The summed E-state index contributed by atoms with van der Waals surface area (Å²) in [5, 5.41) is 5.86. The first-order valence-electron chi connectivity index (χ1n) is 9.58. The Hall–Kier alpha value is -1.64. The quantitative estimate of drug-likeness (QED) is 0.739. The molecule has 1 aliphatic carbocycles. The lowest BCUT2D eigenvalue weighted by Gasteiger charge is -2.31. The van der Waals surface area contributed by atoms with E-state index in [1.165, 1.54) is 4.31 Å². The van der Waals surface area contributed by atoms with Crippen molar-refractivity contribution in [2.45, 2.75) is 49.6 Å². The predicted molar refractivity (Wildman–Crippen MR) is 103 cm³/mol. The highest BCUT2D eigenvalue weighted by atomic mass is 32.2. The third-order valence-corrected chi connectivity index (χ3v) is 7.38. The lowest BCUT2D eigenvalue weighted by Crippen LogP contribution is -2.44. The number of benzene rings is 1. The van der Waals surface area contributed by atoms with Crippen LogP contribution in [0.15, 0.2) is 35.2 Å². The van der Waals surface area contributed by atoms with Gasteiger partial charge in [0.05, 0.1) is 16.5 Å². The van der Waals surface area contributed by atoms with Gasteiger partial charge in [0.15, 0.2) is 0 Å². The minimum absolute atomic E-state index is 0.0651. The van der Waals surface area contributed by atoms with Gasteiger partial charge in [-0.2, -0.15) is 4.31 Å². The van der Waals surface area contributed by atoms with Gasteiger partial charge in [-0.1, -0.05) is 18.2 Å². The predicted octanol–water partition coefficient (Wildman–Crippen LogP) is 1.95. The van der Waals surface area contributed by atoms with Gasteiger partial charge in [-0.3, -0.25) is 0 Å². The molecule has 2 N–H and O–H groups in total. The van der Waals surface area contributed by atoms with E-state index in [1.54, 1.807) is 30.3 Å². The maximum Gasteiger partial charge on any atom is 0.315 e. The summed E-state index contributed by atoms with van der Waals surface area (Å²) in [5.74, 6) is 0.287. The second-order valence-corrected chi connectivity index (χ2v) is 9.46. The summed E-state index contributed by atoms with van der Waals surface area (Å²) in [4.78, 5) is 12.4. The molecule has 0 aromatic heterocycles. The van der Waals surface area contributed by atoms with E-state index in [0.717, 1.165) is 19.3 Å². The number of hydrogen-bond acceptors (Lipinski definition) is 4. The van der Waals surface area contributed by atoms with Gasteiger partial charge in [-0.15, -0.1) is 0 Å². The molecule has 8 heteroatoms. The summed E-state index contributed by atoms with van der Waals surface area (Å²) in [6, 6.07) is 8.42. The van der Waals surface area contributed by atoms with Crippen molar-refractivity contribution in [2.24, 2.45) is 5.92 Å². The summed E-state index contributed by atoms with van der Waals surface area (Å²) in [6.07, 6.45) is 2.32. The number of amides is 2. The van der Waals surface area contributed by atoms with E-state index in [-0.39, 0.29) is 23.6 Å². The molecule has 3 rings (SSSR count). The van der Waals surface area contributed by atoms with Crippen LogP contribution < -0.4 is 10.6 Å². The second-order valence-electron chi connectivity index (χ2n) is 7.52. The number of nitrogens with zero attached hydrogens (tertiary/aromatic N) is 1. The van der Waals surface area contributed by atoms with Gasteiger partial charge >= 0.3 is 6.03 Å². The third-order valence-electron chi connectivity index (χ3n) is 5.47. The molecule has 2 aliphatic rings. The smallest absolute Gasteiger partial charge is 0.315 e. The second kappa shape index (κ2) is 8.16. The van der Waals surface area contributed by atoms with E-state index in [1.807, 2.05) is 13.8 Å². The van der Waals surface area contributed by atoms with E-state index >= 15 is 0 Å². The van der Waals surface area contributed by atoms with Crippen LogP contribution in [0.2, 0.25) is 0 Å². The molecule has 1 saturated carbocycles. The fraction of sp³-hybridized carbons (Fsp3) is 0.632.